The van der Waals surface area contributed by atoms with Gasteiger partial charge in [-0.1, -0.05) is 42.5 Å². The minimum Gasteiger partial charge on any atom is -0.306 e. The first-order chi connectivity index (χ1) is 12.1. The predicted octanol–water partition coefficient (Wildman–Crippen LogP) is 4.35. The quantitative estimate of drug-likeness (QED) is 0.692. The summed E-state index contributed by atoms with van der Waals surface area (Å²) >= 11 is 1.40. The van der Waals surface area contributed by atoms with Crippen LogP contribution in [0.25, 0.3) is 10.6 Å². The molecule has 0 saturated heterocycles. The number of anilines is 1. The third-order valence-electron chi connectivity index (χ3n) is 4.31. The molecular weight excluding hydrogens is 332 g/mol. The molecule has 1 aliphatic rings. The fourth-order valence-electron chi connectivity index (χ4n) is 3.05. The van der Waals surface area contributed by atoms with Crippen LogP contribution in [0.4, 0.5) is 5.69 Å². The third kappa shape index (κ3) is 2.76. The molecule has 1 aromatic heterocycles. The first-order valence-electron chi connectivity index (χ1n) is 8.12. The summed E-state index contributed by atoms with van der Waals surface area (Å²) < 4.78 is 0. The van der Waals surface area contributed by atoms with Crippen molar-refractivity contribution >= 4 is 28.7 Å². The number of hydrogen-bond donors (Lipinski definition) is 0. The normalized spacial score (nSPS) is 13.6. The van der Waals surface area contributed by atoms with Crippen molar-refractivity contribution < 1.29 is 9.59 Å². The fourth-order valence-corrected chi connectivity index (χ4v) is 4.07. The fraction of sp³-hybridized carbons (Fsp3) is 0.150. The molecule has 0 unspecified atom stereocenters. The number of aromatic nitrogens is 1. The van der Waals surface area contributed by atoms with Crippen molar-refractivity contribution in [3.8, 4) is 10.6 Å². The van der Waals surface area contributed by atoms with E-state index in [1.165, 1.54) is 11.3 Å². The number of amides is 1. The maximum Gasteiger partial charge on any atom is 0.270 e. The monoisotopic (exact) mass is 348 g/mol. The molecule has 1 amide bonds. The smallest absolute Gasteiger partial charge is 0.270 e. The van der Waals surface area contributed by atoms with E-state index in [1.54, 1.807) is 11.0 Å². The number of ketones is 1. The van der Waals surface area contributed by atoms with E-state index in [1.807, 2.05) is 55.5 Å². The Balaban J connectivity index is 1.72. The number of Topliss-reactive ketones (excluding diaryl/α,β-unsaturated/α-hetero) is 1. The van der Waals surface area contributed by atoms with Gasteiger partial charge in [0.15, 0.2) is 5.78 Å². The number of nitrogens with zero attached hydrogens (tertiary/aromatic N) is 2. The molecule has 4 nitrogen and oxygen atoms in total. The van der Waals surface area contributed by atoms with Crippen LogP contribution in [0, 0.1) is 6.92 Å². The number of para-hydroxylation sites is 1. The molecule has 4 rings (SSSR count). The molecule has 2 heterocycles. The maximum atomic E-state index is 13.1. The largest absolute Gasteiger partial charge is 0.306 e. The second kappa shape index (κ2) is 6.26. The van der Waals surface area contributed by atoms with Gasteiger partial charge in [-0.05, 0) is 19.1 Å². The number of benzene rings is 2. The summed E-state index contributed by atoms with van der Waals surface area (Å²) in [4.78, 5) is 32.1. The van der Waals surface area contributed by atoms with Crippen molar-refractivity contribution in [2.45, 2.75) is 13.3 Å². The molecule has 0 atom stereocenters. The number of aryl methyl sites for hydroxylation is 1. The minimum absolute atomic E-state index is 0.0860. The lowest BCUT2D eigenvalue weighted by Gasteiger charge is -2.28. The number of thiazole rings is 1. The van der Waals surface area contributed by atoms with Gasteiger partial charge in [-0.3, -0.25) is 9.59 Å². The Kier molecular flexibility index (Phi) is 3.93. The first-order valence-corrected chi connectivity index (χ1v) is 8.94. The standard InChI is InChI=1S/C20H16N2O2S/c1-13-18(25-19(21-13)14-7-3-2-4-8-14)20(24)22-12-11-17(23)15-9-5-6-10-16(15)22/h2-10H,11-12H2,1H3. The second-order valence-corrected chi connectivity index (χ2v) is 6.95. The summed E-state index contributed by atoms with van der Waals surface area (Å²) in [6.07, 6.45) is 0.353. The zero-order valence-corrected chi connectivity index (χ0v) is 14.5. The zero-order chi connectivity index (χ0) is 17.4. The van der Waals surface area contributed by atoms with Crippen LogP contribution in [0.15, 0.2) is 54.6 Å². The predicted molar refractivity (Wildman–Crippen MR) is 99.4 cm³/mol. The summed E-state index contributed by atoms with van der Waals surface area (Å²) in [5.74, 6) is 0.00258. The van der Waals surface area contributed by atoms with Crippen LogP contribution in [-0.2, 0) is 0 Å². The molecule has 0 fully saturated rings. The Bertz CT molecular complexity index is 963. The van der Waals surface area contributed by atoms with Gasteiger partial charge in [0.2, 0.25) is 0 Å². The third-order valence-corrected chi connectivity index (χ3v) is 5.51. The van der Waals surface area contributed by atoms with Gasteiger partial charge >= 0.3 is 0 Å². The van der Waals surface area contributed by atoms with Gasteiger partial charge in [-0.15, -0.1) is 11.3 Å². The van der Waals surface area contributed by atoms with Gasteiger partial charge in [0.25, 0.3) is 5.91 Å². The molecule has 124 valence electrons. The second-order valence-electron chi connectivity index (χ2n) is 5.95. The van der Waals surface area contributed by atoms with E-state index in [-0.39, 0.29) is 11.7 Å². The molecule has 25 heavy (non-hydrogen) atoms. The highest BCUT2D eigenvalue weighted by Gasteiger charge is 2.29. The number of fused-ring (bicyclic) bond motifs is 1. The van der Waals surface area contributed by atoms with E-state index in [0.717, 1.165) is 16.3 Å². The average molecular weight is 348 g/mol. The van der Waals surface area contributed by atoms with Gasteiger partial charge in [-0.2, -0.15) is 0 Å². The van der Waals surface area contributed by atoms with E-state index < -0.39 is 0 Å². The van der Waals surface area contributed by atoms with Crippen LogP contribution >= 0.6 is 11.3 Å². The molecule has 0 N–H and O–H groups in total. The topological polar surface area (TPSA) is 50.3 Å². The molecule has 0 radical (unpaired) electrons. The van der Waals surface area contributed by atoms with E-state index in [2.05, 4.69) is 4.98 Å². The van der Waals surface area contributed by atoms with Crippen molar-refractivity contribution in [2.75, 3.05) is 11.4 Å². The zero-order valence-electron chi connectivity index (χ0n) is 13.7. The molecule has 2 aromatic carbocycles. The van der Waals surface area contributed by atoms with Crippen molar-refractivity contribution in [1.82, 2.24) is 4.98 Å². The van der Waals surface area contributed by atoms with Gasteiger partial charge in [0, 0.05) is 24.1 Å². The highest BCUT2D eigenvalue weighted by molar-refractivity contribution is 7.17. The molecule has 1 aliphatic heterocycles. The van der Waals surface area contributed by atoms with Gasteiger partial charge < -0.3 is 4.90 Å². The number of hydrogen-bond acceptors (Lipinski definition) is 4. The average Bonchev–Trinajstić information content (AvgIpc) is 3.04. The molecule has 0 spiro atoms. The molecule has 0 saturated carbocycles. The van der Waals surface area contributed by atoms with Crippen molar-refractivity contribution in [2.24, 2.45) is 0 Å². The van der Waals surface area contributed by atoms with E-state index in [0.29, 0.717) is 29.1 Å². The molecule has 0 bridgehead atoms. The van der Waals surface area contributed by atoms with Crippen molar-refractivity contribution in [3.63, 3.8) is 0 Å². The highest BCUT2D eigenvalue weighted by Crippen LogP contribution is 2.32. The van der Waals surface area contributed by atoms with Crippen LogP contribution < -0.4 is 4.90 Å². The van der Waals surface area contributed by atoms with E-state index >= 15 is 0 Å². The van der Waals surface area contributed by atoms with Crippen LogP contribution in [0.3, 0.4) is 0 Å². The summed E-state index contributed by atoms with van der Waals surface area (Å²) in [6.45, 7) is 2.27. The van der Waals surface area contributed by atoms with Gasteiger partial charge in [-0.25, -0.2) is 4.98 Å². The minimum atomic E-state index is -0.0860. The van der Waals surface area contributed by atoms with Crippen molar-refractivity contribution in [1.29, 1.82) is 0 Å². The van der Waals surface area contributed by atoms with Crippen LogP contribution in [0.5, 0.6) is 0 Å². The summed E-state index contributed by atoms with van der Waals surface area (Å²) in [7, 11) is 0. The SMILES string of the molecule is Cc1nc(-c2ccccc2)sc1C(=O)N1CCC(=O)c2ccccc21. The van der Waals surface area contributed by atoms with Crippen LogP contribution in [0.1, 0.15) is 32.1 Å². The Labute approximate surface area is 149 Å². The van der Waals surface area contributed by atoms with E-state index in [9.17, 15) is 9.59 Å². The highest BCUT2D eigenvalue weighted by atomic mass is 32.1. The number of rotatable bonds is 2. The molecule has 0 aliphatic carbocycles. The number of carbonyl (C=O) groups excluding carboxylic acids is 2. The number of carbonyl (C=O) groups is 2. The van der Waals surface area contributed by atoms with E-state index in [4.69, 9.17) is 0 Å². The Morgan fingerprint density at radius 3 is 2.60 bits per heavy atom. The molecular formula is C20H16N2O2S. The summed E-state index contributed by atoms with van der Waals surface area (Å²) in [5, 5.41) is 0.836. The Morgan fingerprint density at radius 1 is 1.08 bits per heavy atom. The molecule has 5 heteroatoms. The summed E-state index contributed by atoms with van der Waals surface area (Å²) in [6, 6.07) is 17.1. The summed E-state index contributed by atoms with van der Waals surface area (Å²) in [5.41, 5.74) is 3.04. The van der Waals surface area contributed by atoms with Gasteiger partial charge in [0.1, 0.15) is 9.88 Å². The van der Waals surface area contributed by atoms with Crippen molar-refractivity contribution in [3.05, 3.63) is 70.7 Å². The Morgan fingerprint density at radius 2 is 1.80 bits per heavy atom. The lowest BCUT2D eigenvalue weighted by Crippen LogP contribution is -2.37. The lowest BCUT2D eigenvalue weighted by molar-refractivity contribution is 0.0956. The lowest BCUT2D eigenvalue weighted by atomic mass is 10.0. The Hall–Kier alpha value is -2.79. The maximum absolute atomic E-state index is 13.1. The van der Waals surface area contributed by atoms with Crippen LogP contribution in [-0.4, -0.2) is 23.2 Å². The van der Waals surface area contributed by atoms with Crippen LogP contribution in [0.2, 0.25) is 0 Å². The first kappa shape index (κ1) is 15.7. The van der Waals surface area contributed by atoms with Gasteiger partial charge in [0.05, 0.1) is 11.4 Å². The molecule has 3 aromatic rings.